The molecule has 1 N–H and O–H groups in total. The van der Waals surface area contributed by atoms with Crippen molar-refractivity contribution in [2.75, 3.05) is 0 Å². The molecule has 1 aromatic carbocycles. The summed E-state index contributed by atoms with van der Waals surface area (Å²) in [6.45, 7) is 4.67. The molecule has 4 nitrogen and oxygen atoms in total. The van der Waals surface area contributed by atoms with Crippen LogP contribution in [-0.2, 0) is 17.8 Å². The van der Waals surface area contributed by atoms with Crippen molar-refractivity contribution in [3.8, 4) is 0 Å². The molecule has 0 bridgehead atoms. The summed E-state index contributed by atoms with van der Waals surface area (Å²) in [4.78, 5) is 29.7. The molecule has 2 heterocycles. The quantitative estimate of drug-likeness (QED) is 0.833. The first-order chi connectivity index (χ1) is 13.5. The highest BCUT2D eigenvalue weighted by Gasteiger charge is 2.47. The van der Waals surface area contributed by atoms with Gasteiger partial charge in [-0.2, -0.15) is 0 Å². The fourth-order valence-electron chi connectivity index (χ4n) is 4.47. The van der Waals surface area contributed by atoms with E-state index < -0.39 is 5.54 Å². The van der Waals surface area contributed by atoms with Gasteiger partial charge in [-0.25, -0.2) is 0 Å². The molecule has 1 aromatic heterocycles. The van der Waals surface area contributed by atoms with E-state index in [2.05, 4.69) is 12.2 Å². The summed E-state index contributed by atoms with van der Waals surface area (Å²) in [7, 11) is 0. The molecule has 1 saturated carbocycles. The van der Waals surface area contributed by atoms with Crippen LogP contribution < -0.4 is 5.32 Å². The molecular weight excluding hydrogens is 368 g/mol. The molecule has 4 rings (SSSR count). The topological polar surface area (TPSA) is 49.4 Å². The summed E-state index contributed by atoms with van der Waals surface area (Å²) >= 11 is 1.62. The van der Waals surface area contributed by atoms with Crippen molar-refractivity contribution >= 4 is 23.2 Å². The van der Waals surface area contributed by atoms with Crippen molar-refractivity contribution in [1.82, 2.24) is 10.2 Å². The van der Waals surface area contributed by atoms with Gasteiger partial charge in [-0.15, -0.1) is 11.3 Å². The fourth-order valence-corrected chi connectivity index (χ4v) is 5.16. The lowest BCUT2D eigenvalue weighted by atomic mass is 9.81. The third kappa shape index (κ3) is 3.60. The second kappa shape index (κ2) is 7.70. The lowest BCUT2D eigenvalue weighted by Gasteiger charge is -2.44. The first-order valence-corrected chi connectivity index (χ1v) is 11.1. The van der Waals surface area contributed by atoms with Gasteiger partial charge < -0.3 is 10.2 Å². The Kier molecular flexibility index (Phi) is 5.28. The molecule has 2 amide bonds. The Morgan fingerprint density at radius 3 is 2.64 bits per heavy atom. The van der Waals surface area contributed by atoms with Crippen LogP contribution in [0.4, 0.5) is 0 Å². The summed E-state index contributed by atoms with van der Waals surface area (Å²) in [5.74, 6) is 0.666. The number of hydrogen-bond donors (Lipinski definition) is 1. The molecule has 5 heteroatoms. The van der Waals surface area contributed by atoms with Gasteiger partial charge in [0.2, 0.25) is 5.91 Å². The zero-order valence-corrected chi connectivity index (χ0v) is 17.4. The Bertz CT molecular complexity index is 855. The zero-order chi connectivity index (χ0) is 19.7. The van der Waals surface area contributed by atoms with E-state index in [1.807, 2.05) is 48.7 Å². The van der Waals surface area contributed by atoms with Crippen LogP contribution in [0, 0.1) is 5.92 Å². The van der Waals surface area contributed by atoms with Gasteiger partial charge in [0, 0.05) is 22.9 Å². The summed E-state index contributed by atoms with van der Waals surface area (Å²) in [6.07, 6.45) is 4.91. The van der Waals surface area contributed by atoms with E-state index in [4.69, 9.17) is 0 Å². The maximum absolute atomic E-state index is 13.5. The minimum atomic E-state index is -0.876. The Hall–Kier alpha value is -2.14. The average Bonchev–Trinajstić information content (AvgIpc) is 3.20. The van der Waals surface area contributed by atoms with E-state index in [1.54, 1.807) is 16.2 Å². The normalized spacial score (nSPS) is 27.4. The Labute approximate surface area is 170 Å². The second-order valence-electron chi connectivity index (χ2n) is 8.51. The largest absolute Gasteiger partial charge is 0.351 e. The van der Waals surface area contributed by atoms with Crippen LogP contribution in [0.15, 0.2) is 41.8 Å². The van der Waals surface area contributed by atoms with Crippen LogP contribution in [0.3, 0.4) is 0 Å². The van der Waals surface area contributed by atoms with E-state index in [9.17, 15) is 9.59 Å². The summed E-state index contributed by atoms with van der Waals surface area (Å²) in [5.41, 5.74) is 0.805. The molecule has 0 radical (unpaired) electrons. The van der Waals surface area contributed by atoms with Crippen LogP contribution in [0.25, 0.3) is 0 Å². The van der Waals surface area contributed by atoms with E-state index in [0.717, 1.165) is 47.6 Å². The van der Waals surface area contributed by atoms with E-state index in [1.165, 1.54) is 0 Å². The molecule has 2 aromatic rings. The molecule has 1 aliphatic heterocycles. The van der Waals surface area contributed by atoms with Crippen molar-refractivity contribution in [1.29, 1.82) is 0 Å². The number of benzene rings is 1. The molecule has 0 spiro atoms. The molecule has 1 aliphatic carbocycles. The van der Waals surface area contributed by atoms with Crippen molar-refractivity contribution in [3.63, 3.8) is 0 Å². The average molecular weight is 397 g/mol. The number of rotatable bonds is 4. The van der Waals surface area contributed by atoms with E-state index in [0.29, 0.717) is 13.0 Å². The van der Waals surface area contributed by atoms with Gasteiger partial charge in [0.15, 0.2) is 0 Å². The van der Waals surface area contributed by atoms with Gasteiger partial charge >= 0.3 is 0 Å². The summed E-state index contributed by atoms with van der Waals surface area (Å²) < 4.78 is 0. The van der Waals surface area contributed by atoms with Crippen molar-refractivity contribution < 1.29 is 9.59 Å². The van der Waals surface area contributed by atoms with Gasteiger partial charge in [0.1, 0.15) is 5.54 Å². The molecule has 1 atom stereocenters. The van der Waals surface area contributed by atoms with Gasteiger partial charge in [0.25, 0.3) is 5.91 Å². The third-order valence-electron chi connectivity index (χ3n) is 6.36. The number of hydrogen-bond acceptors (Lipinski definition) is 3. The summed E-state index contributed by atoms with van der Waals surface area (Å²) in [5, 5.41) is 5.29. The number of amides is 2. The van der Waals surface area contributed by atoms with Crippen LogP contribution in [0.1, 0.15) is 60.3 Å². The van der Waals surface area contributed by atoms with Crippen molar-refractivity contribution in [2.24, 2.45) is 5.92 Å². The number of thiophene rings is 1. The zero-order valence-electron chi connectivity index (χ0n) is 16.6. The van der Waals surface area contributed by atoms with Crippen LogP contribution in [0.2, 0.25) is 0 Å². The van der Waals surface area contributed by atoms with Crippen LogP contribution in [0.5, 0.6) is 0 Å². The lowest BCUT2D eigenvalue weighted by Crippen LogP contribution is -2.63. The Balaban J connectivity index is 1.62. The lowest BCUT2D eigenvalue weighted by molar-refractivity contribution is -0.133. The Morgan fingerprint density at radius 2 is 1.93 bits per heavy atom. The highest BCUT2D eigenvalue weighted by Crippen LogP contribution is 2.34. The predicted octanol–water partition coefficient (Wildman–Crippen LogP) is 4.40. The monoisotopic (exact) mass is 396 g/mol. The Morgan fingerprint density at radius 1 is 1.18 bits per heavy atom. The first kappa shape index (κ1) is 19.2. The third-order valence-corrected chi connectivity index (χ3v) is 7.22. The first-order valence-electron chi connectivity index (χ1n) is 10.2. The SMILES string of the molecule is CC1CCC(NC(=O)[C@@]2(C)Cc3ccccc3C(=O)N2Cc2cccs2)CC1. The molecule has 2 aliphatic rings. The van der Waals surface area contributed by atoms with Crippen molar-refractivity contribution in [2.45, 2.75) is 64.1 Å². The maximum Gasteiger partial charge on any atom is 0.255 e. The number of nitrogens with one attached hydrogen (secondary N) is 1. The number of carbonyl (C=O) groups excluding carboxylic acids is 2. The fraction of sp³-hybridized carbons (Fsp3) is 0.478. The number of nitrogens with zero attached hydrogens (tertiary/aromatic N) is 1. The van der Waals surface area contributed by atoms with Gasteiger partial charge in [0.05, 0.1) is 6.54 Å². The van der Waals surface area contributed by atoms with E-state index >= 15 is 0 Å². The minimum absolute atomic E-state index is 0.0218. The van der Waals surface area contributed by atoms with Crippen molar-refractivity contribution in [3.05, 3.63) is 57.8 Å². The smallest absolute Gasteiger partial charge is 0.255 e. The second-order valence-corrected chi connectivity index (χ2v) is 9.54. The number of fused-ring (bicyclic) bond motifs is 1. The molecule has 0 saturated heterocycles. The van der Waals surface area contributed by atoms with Crippen LogP contribution in [-0.4, -0.2) is 28.3 Å². The highest BCUT2D eigenvalue weighted by atomic mass is 32.1. The predicted molar refractivity (Wildman–Crippen MR) is 112 cm³/mol. The van der Waals surface area contributed by atoms with Gasteiger partial charge in [-0.3, -0.25) is 9.59 Å². The molecule has 0 unspecified atom stereocenters. The molecular formula is C23H28N2O2S. The van der Waals surface area contributed by atoms with Crippen LogP contribution >= 0.6 is 11.3 Å². The standard InChI is InChI=1S/C23H28N2O2S/c1-16-9-11-18(12-10-16)24-22(27)23(2)14-17-6-3-4-8-20(17)21(26)25(23)15-19-7-5-13-28-19/h3-8,13,16,18H,9-12,14-15H2,1-2H3,(H,24,27)/t16?,18?,23-/m1/s1. The number of carbonyl (C=O) groups is 2. The van der Waals surface area contributed by atoms with Gasteiger partial charge in [-0.1, -0.05) is 31.2 Å². The minimum Gasteiger partial charge on any atom is -0.351 e. The highest BCUT2D eigenvalue weighted by molar-refractivity contribution is 7.09. The van der Waals surface area contributed by atoms with Gasteiger partial charge in [-0.05, 0) is 61.6 Å². The molecule has 148 valence electrons. The molecule has 1 fully saturated rings. The molecule has 28 heavy (non-hydrogen) atoms. The summed E-state index contributed by atoms with van der Waals surface area (Å²) in [6, 6.07) is 11.9. The maximum atomic E-state index is 13.5. The van der Waals surface area contributed by atoms with E-state index in [-0.39, 0.29) is 17.9 Å².